The molecule has 0 fully saturated rings. The molecule has 10 nitrogen and oxygen atoms in total. The lowest BCUT2D eigenvalue weighted by Gasteiger charge is -2.13. The highest BCUT2D eigenvalue weighted by Crippen LogP contribution is 1.99. The number of aliphatic carboxylic acids is 2. The minimum absolute atomic E-state index is 0.0576. The second-order valence-electron chi connectivity index (χ2n) is 3.89. The number of hydrogen-bond acceptors (Lipinski definition) is 6. The Morgan fingerprint density at radius 2 is 2.05 bits per heavy atom. The summed E-state index contributed by atoms with van der Waals surface area (Å²) in [6.45, 7) is 1.55. The summed E-state index contributed by atoms with van der Waals surface area (Å²) in [5.74, 6) is -1.86. The van der Waals surface area contributed by atoms with Gasteiger partial charge in [0.2, 0.25) is 5.89 Å². The second kappa shape index (κ2) is 7.07. The maximum Gasteiger partial charge on any atom is 0.326 e. The molecule has 10 heteroatoms. The Balaban J connectivity index is 2.41. The molecular weight excluding hydrogens is 272 g/mol. The molecule has 0 spiro atoms. The standard InChI is InChI=1S/C10H14N4O6/c1-5-12-7(20-14-5)4-11-10(19)13-6(9(17)18)2-3-8(15)16/h6H,2-4H2,1H3,(H,15,16)(H,17,18)(H2,11,13,19)/t6-/m0/s1. The zero-order valence-electron chi connectivity index (χ0n) is 10.6. The highest BCUT2D eigenvalue weighted by Gasteiger charge is 2.20. The number of rotatable bonds is 7. The minimum atomic E-state index is -1.31. The van der Waals surface area contributed by atoms with Crippen LogP contribution in [0, 0.1) is 6.92 Å². The van der Waals surface area contributed by atoms with Gasteiger partial charge in [0.05, 0.1) is 6.54 Å². The van der Waals surface area contributed by atoms with Crippen molar-refractivity contribution in [2.24, 2.45) is 0 Å². The van der Waals surface area contributed by atoms with Crippen LogP contribution in [0.25, 0.3) is 0 Å². The third-order valence-corrected chi connectivity index (χ3v) is 2.22. The predicted molar refractivity (Wildman–Crippen MR) is 62.7 cm³/mol. The first-order valence-corrected chi connectivity index (χ1v) is 5.66. The van der Waals surface area contributed by atoms with Gasteiger partial charge in [0, 0.05) is 6.42 Å². The van der Waals surface area contributed by atoms with Crippen LogP contribution in [0.5, 0.6) is 0 Å². The normalized spacial score (nSPS) is 11.7. The van der Waals surface area contributed by atoms with Gasteiger partial charge in [-0.2, -0.15) is 4.98 Å². The molecule has 0 saturated carbocycles. The SMILES string of the molecule is Cc1noc(CNC(=O)N[C@@H](CCC(=O)O)C(=O)O)n1. The Morgan fingerprint density at radius 3 is 2.55 bits per heavy atom. The van der Waals surface area contributed by atoms with Gasteiger partial charge in [-0.25, -0.2) is 9.59 Å². The average Bonchev–Trinajstić information content (AvgIpc) is 2.77. The lowest BCUT2D eigenvalue weighted by molar-refractivity contribution is -0.140. The number of aromatic nitrogens is 2. The molecule has 0 radical (unpaired) electrons. The monoisotopic (exact) mass is 286 g/mol. The number of carbonyl (C=O) groups excluding carboxylic acids is 1. The van der Waals surface area contributed by atoms with Crippen molar-refractivity contribution in [3.63, 3.8) is 0 Å². The first kappa shape index (κ1) is 15.4. The Bertz CT molecular complexity index is 500. The van der Waals surface area contributed by atoms with Gasteiger partial charge in [-0.05, 0) is 13.3 Å². The maximum absolute atomic E-state index is 11.5. The molecule has 1 aromatic heterocycles. The zero-order valence-corrected chi connectivity index (χ0v) is 10.6. The van der Waals surface area contributed by atoms with Crippen LogP contribution in [0.2, 0.25) is 0 Å². The summed E-state index contributed by atoms with van der Waals surface area (Å²) in [4.78, 5) is 36.5. The Labute approximate surface area is 113 Å². The van der Waals surface area contributed by atoms with E-state index < -0.39 is 24.0 Å². The molecule has 2 amide bonds. The summed E-state index contributed by atoms with van der Waals surface area (Å²) in [5.41, 5.74) is 0. The van der Waals surface area contributed by atoms with Crippen molar-refractivity contribution >= 4 is 18.0 Å². The summed E-state index contributed by atoms with van der Waals surface area (Å²) < 4.78 is 4.75. The Morgan fingerprint density at radius 1 is 1.35 bits per heavy atom. The highest BCUT2D eigenvalue weighted by molar-refractivity contribution is 5.82. The van der Waals surface area contributed by atoms with Gasteiger partial charge in [0.1, 0.15) is 6.04 Å². The average molecular weight is 286 g/mol. The molecule has 0 unspecified atom stereocenters. The van der Waals surface area contributed by atoms with Crippen molar-refractivity contribution in [1.82, 2.24) is 20.8 Å². The zero-order chi connectivity index (χ0) is 15.1. The number of urea groups is 1. The van der Waals surface area contributed by atoms with Crippen molar-refractivity contribution in [3.8, 4) is 0 Å². The van der Waals surface area contributed by atoms with Crippen molar-refractivity contribution < 1.29 is 29.1 Å². The quantitative estimate of drug-likeness (QED) is 0.522. The Kier molecular flexibility index (Phi) is 5.44. The first-order valence-electron chi connectivity index (χ1n) is 5.66. The molecule has 0 bridgehead atoms. The molecule has 0 aliphatic carbocycles. The summed E-state index contributed by atoms with van der Waals surface area (Å²) in [5, 5.41) is 25.3. The maximum atomic E-state index is 11.5. The van der Waals surface area contributed by atoms with E-state index in [-0.39, 0.29) is 25.3 Å². The summed E-state index contributed by atoms with van der Waals surface area (Å²) >= 11 is 0. The van der Waals surface area contributed by atoms with Crippen LogP contribution in [0.3, 0.4) is 0 Å². The van der Waals surface area contributed by atoms with Crippen molar-refractivity contribution in [2.75, 3.05) is 0 Å². The van der Waals surface area contributed by atoms with Crippen LogP contribution in [0.1, 0.15) is 24.6 Å². The largest absolute Gasteiger partial charge is 0.481 e. The number of aryl methyl sites for hydroxylation is 1. The lowest BCUT2D eigenvalue weighted by Crippen LogP contribution is -2.46. The number of carbonyl (C=O) groups is 3. The van der Waals surface area contributed by atoms with E-state index >= 15 is 0 Å². The highest BCUT2D eigenvalue weighted by atomic mass is 16.5. The predicted octanol–water partition coefficient (Wildman–Crippen LogP) is -0.505. The van der Waals surface area contributed by atoms with E-state index in [2.05, 4.69) is 20.8 Å². The van der Waals surface area contributed by atoms with E-state index in [4.69, 9.17) is 14.7 Å². The van der Waals surface area contributed by atoms with Gasteiger partial charge in [-0.3, -0.25) is 4.79 Å². The van der Waals surface area contributed by atoms with E-state index in [1.807, 2.05) is 0 Å². The van der Waals surface area contributed by atoms with Crippen molar-refractivity contribution in [1.29, 1.82) is 0 Å². The molecule has 1 atom stereocenters. The van der Waals surface area contributed by atoms with Crippen LogP contribution in [-0.4, -0.2) is 44.4 Å². The molecule has 4 N–H and O–H groups in total. The first-order chi connectivity index (χ1) is 9.38. The van der Waals surface area contributed by atoms with E-state index in [0.29, 0.717) is 5.82 Å². The lowest BCUT2D eigenvalue weighted by atomic mass is 10.1. The third-order valence-electron chi connectivity index (χ3n) is 2.22. The minimum Gasteiger partial charge on any atom is -0.481 e. The van der Waals surface area contributed by atoms with Crippen molar-refractivity contribution in [3.05, 3.63) is 11.7 Å². The summed E-state index contributed by atoms with van der Waals surface area (Å²) in [6.07, 6.45) is -0.572. The number of nitrogens with zero attached hydrogens (tertiary/aromatic N) is 2. The molecule has 1 heterocycles. The third kappa shape index (κ3) is 5.33. The fraction of sp³-hybridized carbons (Fsp3) is 0.500. The number of carboxylic acids is 2. The van der Waals surface area contributed by atoms with E-state index in [1.165, 1.54) is 0 Å². The van der Waals surface area contributed by atoms with Crippen LogP contribution in [0.15, 0.2) is 4.52 Å². The molecule has 0 aliphatic rings. The molecule has 1 aromatic rings. The van der Waals surface area contributed by atoms with Gasteiger partial charge >= 0.3 is 18.0 Å². The van der Waals surface area contributed by atoms with Gasteiger partial charge in [-0.1, -0.05) is 5.16 Å². The number of nitrogens with one attached hydrogen (secondary N) is 2. The number of hydrogen-bond donors (Lipinski definition) is 4. The molecule has 110 valence electrons. The number of carboxylic acid groups (broad SMARTS) is 2. The van der Waals surface area contributed by atoms with Gasteiger partial charge in [0.15, 0.2) is 5.82 Å². The van der Waals surface area contributed by atoms with Crippen molar-refractivity contribution in [2.45, 2.75) is 32.4 Å². The molecule has 0 aromatic carbocycles. The van der Waals surface area contributed by atoms with E-state index in [1.54, 1.807) is 6.92 Å². The summed E-state index contributed by atoms with van der Waals surface area (Å²) in [6, 6.07) is -2.05. The molecule has 1 rings (SSSR count). The molecule has 20 heavy (non-hydrogen) atoms. The van der Waals surface area contributed by atoms with Gasteiger partial charge in [0.25, 0.3) is 0 Å². The summed E-state index contributed by atoms with van der Waals surface area (Å²) in [7, 11) is 0. The van der Waals surface area contributed by atoms with Crippen LogP contribution >= 0.6 is 0 Å². The second-order valence-corrected chi connectivity index (χ2v) is 3.89. The van der Waals surface area contributed by atoms with Gasteiger partial charge in [-0.15, -0.1) is 0 Å². The van der Waals surface area contributed by atoms with E-state index in [9.17, 15) is 14.4 Å². The van der Waals surface area contributed by atoms with Crippen LogP contribution < -0.4 is 10.6 Å². The molecule has 0 aliphatic heterocycles. The fourth-order valence-electron chi connectivity index (χ4n) is 1.30. The fourth-order valence-corrected chi connectivity index (χ4v) is 1.30. The molecule has 0 saturated heterocycles. The van der Waals surface area contributed by atoms with Crippen LogP contribution in [-0.2, 0) is 16.1 Å². The van der Waals surface area contributed by atoms with Crippen LogP contribution in [0.4, 0.5) is 4.79 Å². The Hall–Kier alpha value is -2.65. The smallest absolute Gasteiger partial charge is 0.326 e. The van der Waals surface area contributed by atoms with E-state index in [0.717, 1.165) is 0 Å². The van der Waals surface area contributed by atoms with Gasteiger partial charge < -0.3 is 25.4 Å². The number of amides is 2. The molecular formula is C10H14N4O6. The topological polar surface area (TPSA) is 155 Å².